The van der Waals surface area contributed by atoms with Gasteiger partial charge in [0.05, 0.1) is 6.54 Å². The van der Waals surface area contributed by atoms with Gasteiger partial charge in [-0.1, -0.05) is 36.4 Å². The quantitative estimate of drug-likeness (QED) is 0.497. The number of hydrogen-bond donors (Lipinski definition) is 2. The SMILES string of the molecule is CC(C)(C)OC(=O)N[C@@H](Cc1ccccn1)C(=O)NCC(=O)c1ccc(-c2cccnc2)cc1. The van der Waals surface area contributed by atoms with Gasteiger partial charge in [-0.15, -0.1) is 0 Å². The Morgan fingerprint density at radius 2 is 1.71 bits per heavy atom. The highest BCUT2D eigenvalue weighted by atomic mass is 16.6. The minimum absolute atomic E-state index is 0.153. The van der Waals surface area contributed by atoms with Crippen LogP contribution in [0.2, 0.25) is 0 Å². The second-order valence-corrected chi connectivity index (χ2v) is 8.68. The van der Waals surface area contributed by atoms with Gasteiger partial charge in [0.1, 0.15) is 11.6 Å². The summed E-state index contributed by atoms with van der Waals surface area (Å²) < 4.78 is 5.28. The second-order valence-electron chi connectivity index (χ2n) is 8.68. The Kier molecular flexibility index (Phi) is 8.08. The Labute approximate surface area is 198 Å². The molecule has 0 saturated carbocycles. The number of nitrogens with one attached hydrogen (secondary N) is 2. The summed E-state index contributed by atoms with van der Waals surface area (Å²) in [6.07, 6.45) is 4.48. The lowest BCUT2D eigenvalue weighted by atomic mass is 10.0. The topological polar surface area (TPSA) is 110 Å². The average Bonchev–Trinajstić information content (AvgIpc) is 2.82. The molecule has 0 unspecified atom stereocenters. The zero-order valence-corrected chi connectivity index (χ0v) is 19.4. The van der Waals surface area contributed by atoms with E-state index in [4.69, 9.17) is 4.74 Å². The number of carbonyl (C=O) groups is 3. The zero-order chi connectivity index (χ0) is 24.6. The monoisotopic (exact) mass is 460 g/mol. The van der Waals surface area contributed by atoms with Crippen LogP contribution in [-0.4, -0.2) is 45.9 Å². The summed E-state index contributed by atoms with van der Waals surface area (Å²) in [5.74, 6) is -0.753. The molecule has 8 heteroatoms. The van der Waals surface area contributed by atoms with E-state index < -0.39 is 23.6 Å². The fourth-order valence-electron chi connectivity index (χ4n) is 3.16. The van der Waals surface area contributed by atoms with E-state index in [1.165, 1.54) is 0 Å². The third-order valence-corrected chi connectivity index (χ3v) is 4.77. The third-order valence-electron chi connectivity index (χ3n) is 4.77. The molecule has 0 radical (unpaired) electrons. The summed E-state index contributed by atoms with van der Waals surface area (Å²) in [7, 11) is 0. The van der Waals surface area contributed by atoms with Gasteiger partial charge in [0.25, 0.3) is 0 Å². The lowest BCUT2D eigenvalue weighted by Gasteiger charge is -2.23. The number of benzene rings is 1. The molecule has 34 heavy (non-hydrogen) atoms. The highest BCUT2D eigenvalue weighted by Crippen LogP contribution is 2.18. The first-order valence-electron chi connectivity index (χ1n) is 10.9. The van der Waals surface area contributed by atoms with Crippen LogP contribution in [0.1, 0.15) is 36.8 Å². The van der Waals surface area contributed by atoms with Crippen LogP contribution in [0.5, 0.6) is 0 Å². The van der Waals surface area contributed by atoms with Gasteiger partial charge in [-0.2, -0.15) is 0 Å². The average molecular weight is 461 g/mol. The lowest BCUT2D eigenvalue weighted by molar-refractivity contribution is -0.123. The van der Waals surface area contributed by atoms with Gasteiger partial charge in [0.2, 0.25) is 5.91 Å². The predicted octanol–water partition coefficient (Wildman–Crippen LogP) is 3.58. The van der Waals surface area contributed by atoms with Crippen LogP contribution in [0.25, 0.3) is 11.1 Å². The molecule has 2 N–H and O–H groups in total. The third kappa shape index (κ3) is 7.51. The van der Waals surface area contributed by atoms with Crippen molar-refractivity contribution in [3.63, 3.8) is 0 Å². The van der Waals surface area contributed by atoms with Crippen LogP contribution < -0.4 is 10.6 Å². The van der Waals surface area contributed by atoms with Gasteiger partial charge in [-0.25, -0.2) is 4.79 Å². The van der Waals surface area contributed by atoms with Crippen molar-refractivity contribution >= 4 is 17.8 Å². The molecule has 2 amide bonds. The van der Waals surface area contributed by atoms with Gasteiger partial charge < -0.3 is 15.4 Å². The van der Waals surface area contributed by atoms with E-state index in [0.717, 1.165) is 11.1 Å². The number of nitrogens with zero attached hydrogens (tertiary/aromatic N) is 2. The van der Waals surface area contributed by atoms with Crippen LogP contribution in [0.15, 0.2) is 73.2 Å². The number of ketones is 1. The van der Waals surface area contributed by atoms with Crippen molar-refractivity contribution in [3.8, 4) is 11.1 Å². The molecule has 1 aromatic carbocycles. The van der Waals surface area contributed by atoms with Crippen molar-refractivity contribution in [3.05, 3.63) is 84.4 Å². The number of Topliss-reactive ketones (excluding diaryl/α,β-unsaturated/α-hetero) is 1. The Hall–Kier alpha value is -4.07. The molecule has 0 aliphatic rings. The minimum atomic E-state index is -0.953. The van der Waals surface area contributed by atoms with E-state index in [1.54, 1.807) is 69.7 Å². The molecule has 3 aromatic rings. The maximum absolute atomic E-state index is 12.9. The van der Waals surface area contributed by atoms with Crippen LogP contribution in [0.4, 0.5) is 4.79 Å². The Bertz CT molecular complexity index is 1110. The summed E-state index contributed by atoms with van der Waals surface area (Å²) >= 11 is 0. The molecule has 2 aromatic heterocycles. The highest BCUT2D eigenvalue weighted by molar-refractivity contribution is 6.00. The molecule has 0 fully saturated rings. The van der Waals surface area contributed by atoms with Gasteiger partial charge in [-0.3, -0.25) is 19.6 Å². The highest BCUT2D eigenvalue weighted by Gasteiger charge is 2.25. The number of rotatable bonds is 8. The van der Waals surface area contributed by atoms with Gasteiger partial charge in [0, 0.05) is 36.3 Å². The van der Waals surface area contributed by atoms with E-state index >= 15 is 0 Å². The van der Waals surface area contributed by atoms with Gasteiger partial charge in [0.15, 0.2) is 5.78 Å². The fourth-order valence-corrected chi connectivity index (χ4v) is 3.16. The Morgan fingerprint density at radius 3 is 2.32 bits per heavy atom. The zero-order valence-electron chi connectivity index (χ0n) is 19.4. The summed E-state index contributed by atoms with van der Waals surface area (Å²) in [6.45, 7) is 5.00. The van der Waals surface area contributed by atoms with Gasteiger partial charge in [-0.05, 0) is 50.1 Å². The number of pyridine rings is 2. The van der Waals surface area contributed by atoms with Crippen molar-refractivity contribution in [2.75, 3.05) is 6.54 Å². The van der Waals surface area contributed by atoms with Crippen LogP contribution in [-0.2, 0) is 16.0 Å². The number of carbonyl (C=O) groups excluding carboxylic acids is 3. The van der Waals surface area contributed by atoms with Gasteiger partial charge >= 0.3 is 6.09 Å². The number of alkyl carbamates (subject to hydrolysis) is 1. The van der Waals surface area contributed by atoms with Crippen molar-refractivity contribution < 1.29 is 19.1 Å². The molecule has 2 heterocycles. The number of ether oxygens (including phenoxy) is 1. The van der Waals surface area contributed by atoms with Crippen molar-refractivity contribution in [1.29, 1.82) is 0 Å². The molecule has 176 valence electrons. The van der Waals surface area contributed by atoms with Crippen molar-refractivity contribution in [2.24, 2.45) is 0 Å². The first-order valence-corrected chi connectivity index (χ1v) is 10.9. The van der Waals surface area contributed by atoms with E-state index in [-0.39, 0.29) is 18.7 Å². The largest absolute Gasteiger partial charge is 0.444 e. The molecule has 8 nitrogen and oxygen atoms in total. The van der Waals surface area contributed by atoms with E-state index in [2.05, 4.69) is 20.6 Å². The van der Waals surface area contributed by atoms with E-state index in [0.29, 0.717) is 11.3 Å². The normalized spacial score (nSPS) is 11.9. The standard InChI is InChI=1S/C26H28N4O4/c1-26(2,3)34-25(33)30-22(15-21-8-4-5-14-28-21)24(32)29-17-23(31)19-11-9-18(10-12-19)20-7-6-13-27-16-20/h4-14,16,22H,15,17H2,1-3H3,(H,29,32)(H,30,33)/t22-/m0/s1. The number of amides is 2. The first-order chi connectivity index (χ1) is 16.2. The number of aromatic nitrogens is 2. The summed E-state index contributed by atoms with van der Waals surface area (Å²) in [4.78, 5) is 46.1. The maximum atomic E-state index is 12.9. The summed E-state index contributed by atoms with van der Waals surface area (Å²) in [5, 5.41) is 5.20. The summed E-state index contributed by atoms with van der Waals surface area (Å²) in [5.41, 5.74) is 2.25. The lowest BCUT2D eigenvalue weighted by Crippen LogP contribution is -2.50. The van der Waals surface area contributed by atoms with E-state index in [9.17, 15) is 14.4 Å². The Balaban J connectivity index is 1.63. The Morgan fingerprint density at radius 1 is 0.941 bits per heavy atom. The molecule has 0 bridgehead atoms. The molecule has 0 aliphatic heterocycles. The molecule has 3 rings (SSSR count). The molecule has 0 aliphatic carbocycles. The summed E-state index contributed by atoms with van der Waals surface area (Å²) in [6, 6.07) is 15.2. The molecule has 0 spiro atoms. The van der Waals surface area contributed by atoms with Crippen LogP contribution in [0.3, 0.4) is 0 Å². The molecule has 1 atom stereocenters. The minimum Gasteiger partial charge on any atom is -0.444 e. The number of hydrogen-bond acceptors (Lipinski definition) is 6. The van der Waals surface area contributed by atoms with Crippen LogP contribution >= 0.6 is 0 Å². The first kappa shape index (κ1) is 24.6. The van der Waals surface area contributed by atoms with Crippen molar-refractivity contribution in [2.45, 2.75) is 38.8 Å². The van der Waals surface area contributed by atoms with E-state index in [1.807, 2.05) is 24.3 Å². The maximum Gasteiger partial charge on any atom is 0.408 e. The van der Waals surface area contributed by atoms with Crippen LogP contribution in [0, 0.1) is 0 Å². The predicted molar refractivity (Wildman–Crippen MR) is 128 cm³/mol. The molecule has 0 saturated heterocycles. The van der Waals surface area contributed by atoms with Crippen molar-refractivity contribution in [1.82, 2.24) is 20.6 Å². The molecular formula is C26H28N4O4. The fraction of sp³-hybridized carbons (Fsp3) is 0.269. The second kappa shape index (κ2) is 11.2. The smallest absolute Gasteiger partial charge is 0.408 e. The molecular weight excluding hydrogens is 432 g/mol.